The molecule has 0 amide bonds. The van der Waals surface area contributed by atoms with Crippen LogP contribution in [0.5, 0.6) is 34.5 Å². The number of carboxylic acid groups (broad SMARTS) is 1. The number of phenolic OH excluding ortho intramolecular Hbond substituents is 2. The molecule has 1 saturated heterocycles. The third-order valence-corrected chi connectivity index (χ3v) is 14.0. The summed E-state index contributed by atoms with van der Waals surface area (Å²) in [5.41, 5.74) is -4.27. The van der Waals surface area contributed by atoms with E-state index in [0.717, 1.165) is 25.3 Å². The largest absolute Gasteiger partial charge is 0.508 e. The first-order valence-electron chi connectivity index (χ1n) is 22.0. The number of phenols is 2. The third-order valence-electron chi connectivity index (χ3n) is 14.0. The van der Waals surface area contributed by atoms with Crippen molar-refractivity contribution in [3.8, 4) is 34.5 Å². The predicted molar refractivity (Wildman–Crippen MR) is 236 cm³/mol. The first-order chi connectivity index (χ1) is 32.2. The van der Waals surface area contributed by atoms with Crippen molar-refractivity contribution in [2.45, 2.75) is 92.1 Å². The van der Waals surface area contributed by atoms with E-state index in [1.807, 2.05) is 6.07 Å². The summed E-state index contributed by atoms with van der Waals surface area (Å²) < 4.78 is 31.7. The van der Waals surface area contributed by atoms with E-state index >= 15 is 0 Å². The Balaban J connectivity index is 1.03. The number of hydrogen-bond donors (Lipinski definition) is 10. The Kier molecular flexibility index (Phi) is 11.0. The smallest absolute Gasteiger partial charge is 0.336 e. The number of hydrogen-bond acceptors (Lipinski definition) is 16. The highest BCUT2D eigenvalue weighted by Gasteiger charge is 2.70. The van der Waals surface area contributed by atoms with E-state index in [2.05, 4.69) is 15.0 Å². The van der Waals surface area contributed by atoms with Crippen LogP contribution >= 0.6 is 0 Å². The van der Waals surface area contributed by atoms with Gasteiger partial charge in [-0.2, -0.15) is 0 Å². The summed E-state index contributed by atoms with van der Waals surface area (Å²) in [7, 11) is 0. The van der Waals surface area contributed by atoms with Crippen molar-refractivity contribution >= 4 is 35.3 Å². The van der Waals surface area contributed by atoms with Crippen LogP contribution in [0.1, 0.15) is 60.5 Å². The topological polar surface area (TPSA) is 308 Å². The lowest BCUT2D eigenvalue weighted by atomic mass is 9.64. The van der Waals surface area contributed by atoms with Crippen molar-refractivity contribution in [2.75, 3.05) is 13.2 Å². The fourth-order valence-electron chi connectivity index (χ4n) is 10.7. The maximum atomic E-state index is 12.9. The molecule has 0 spiro atoms. The Morgan fingerprint density at radius 3 is 2.55 bits per heavy atom. The maximum absolute atomic E-state index is 12.9. The molecule has 19 heteroatoms. The minimum atomic E-state index is -2.65. The summed E-state index contributed by atoms with van der Waals surface area (Å²) >= 11 is 0. The summed E-state index contributed by atoms with van der Waals surface area (Å²) in [5.74, 6) is -4.34. The molecule has 19 nitrogen and oxygen atoms in total. The number of nitrogens with zero attached hydrogens (tertiary/aromatic N) is 3. The van der Waals surface area contributed by atoms with Gasteiger partial charge in [0.15, 0.2) is 41.1 Å². The van der Waals surface area contributed by atoms with Crippen molar-refractivity contribution in [1.29, 1.82) is 0 Å². The fraction of sp³-hybridized carbons (Fsp3) is 0.396. The second-order valence-corrected chi connectivity index (χ2v) is 17.8. The van der Waals surface area contributed by atoms with Gasteiger partial charge in [-0.05, 0) is 79.4 Å². The Labute approximate surface area is 382 Å². The molecule has 3 aliphatic carbocycles. The average Bonchev–Trinajstić information content (AvgIpc) is 4.08. The van der Waals surface area contributed by atoms with Gasteiger partial charge in [-0.25, -0.2) is 9.79 Å². The number of carbonyl (C=O) groups is 1. The summed E-state index contributed by atoms with van der Waals surface area (Å²) in [6, 6.07) is 12.8. The van der Waals surface area contributed by atoms with Gasteiger partial charge in [-0.15, -0.1) is 0 Å². The van der Waals surface area contributed by atoms with E-state index in [-0.39, 0.29) is 64.0 Å². The normalized spacial score (nSPS) is 32.1. The molecule has 3 aromatic rings. The van der Waals surface area contributed by atoms with Crippen molar-refractivity contribution in [2.24, 2.45) is 26.8 Å². The highest BCUT2D eigenvalue weighted by atomic mass is 16.7. The van der Waals surface area contributed by atoms with Crippen LogP contribution in [0, 0.1) is 11.8 Å². The molecule has 10 rings (SSSR count). The number of aromatic hydroxyl groups is 2. The minimum absolute atomic E-state index is 0.00577. The standard InChI is InChI=1S/C48H48N4O15/c49-37-14-13-29(52-37)39(56)36(21-53)63-25-11-9-23(10-12-25)33-18-32(55)38-34(64-33)19-35(41(40(38)57)67-47-16-3-5-24(47)4-1-6-26-27(47)7-2-8-31(26)54)65-45-46(61)17-15-28(30-20-50-22-51-30)48(62,44(46)60)42(66-45)43(58)59/h2,7-15,17-19,22,24,28,33,36,39,42,44-45,49,53-57,60-62H,1,3-6,16,20-21H2,(H,58,59)/p+1. The second kappa shape index (κ2) is 16.6. The van der Waals surface area contributed by atoms with E-state index in [0.29, 0.717) is 36.0 Å². The molecule has 11 N–H and O–H groups in total. The first-order valence-corrected chi connectivity index (χ1v) is 22.0. The van der Waals surface area contributed by atoms with Crippen LogP contribution in [0.4, 0.5) is 0 Å². The van der Waals surface area contributed by atoms with Gasteiger partial charge < -0.3 is 69.6 Å². The molecule has 2 fully saturated rings. The molecule has 11 atom stereocenters. The molecular weight excluding hydrogens is 873 g/mol. The van der Waals surface area contributed by atoms with Crippen molar-refractivity contribution in [3.63, 3.8) is 0 Å². The van der Waals surface area contributed by atoms with E-state index in [4.69, 9.17) is 29.1 Å². The minimum Gasteiger partial charge on any atom is -0.508 e. The van der Waals surface area contributed by atoms with Gasteiger partial charge in [0.05, 0.1) is 24.8 Å². The van der Waals surface area contributed by atoms with Gasteiger partial charge >= 0.3 is 11.8 Å². The third kappa shape index (κ3) is 7.15. The van der Waals surface area contributed by atoms with Crippen LogP contribution in [0.2, 0.25) is 0 Å². The highest BCUT2D eigenvalue weighted by molar-refractivity contribution is 6.15. The highest BCUT2D eigenvalue weighted by Crippen LogP contribution is 2.59. The average molecular weight is 922 g/mol. The molecule has 4 aliphatic heterocycles. The van der Waals surface area contributed by atoms with Crippen molar-refractivity contribution in [1.82, 2.24) is 0 Å². The van der Waals surface area contributed by atoms with Gasteiger partial charge in [0.2, 0.25) is 12.0 Å². The number of ether oxygens (including phenoxy) is 5. The van der Waals surface area contributed by atoms with Gasteiger partial charge in [0.25, 0.3) is 0 Å². The Morgan fingerprint density at radius 2 is 1.84 bits per heavy atom. The molecule has 350 valence electrons. The number of benzene rings is 3. The number of aliphatic hydroxyl groups excluding tert-OH is 4. The van der Waals surface area contributed by atoms with Crippen molar-refractivity contribution < 1.29 is 79.8 Å². The molecule has 0 radical (unpaired) electrons. The zero-order valence-electron chi connectivity index (χ0n) is 35.8. The summed E-state index contributed by atoms with van der Waals surface area (Å²) in [6.45, 7) is -0.543. The van der Waals surface area contributed by atoms with E-state index < -0.39 is 83.6 Å². The molecular formula is C48H49N4O15+. The molecule has 3 aromatic carbocycles. The van der Waals surface area contributed by atoms with Crippen LogP contribution in [0.15, 0.2) is 93.9 Å². The van der Waals surface area contributed by atoms with Crippen LogP contribution < -0.4 is 24.4 Å². The van der Waals surface area contributed by atoms with Crippen LogP contribution in [-0.4, -0.2) is 131 Å². The lowest BCUT2D eigenvalue weighted by molar-refractivity contribution is -0.337. The van der Waals surface area contributed by atoms with Crippen molar-refractivity contribution in [3.05, 3.63) is 101 Å². The Hall–Kier alpha value is -6.61. The molecule has 1 saturated carbocycles. The van der Waals surface area contributed by atoms with E-state index in [1.54, 1.807) is 36.4 Å². The van der Waals surface area contributed by atoms with Crippen LogP contribution in [-0.2, 0) is 21.6 Å². The lowest BCUT2D eigenvalue weighted by Crippen LogP contribution is -2.78. The zero-order chi connectivity index (χ0) is 47.0. The number of amidine groups is 1. The molecule has 4 heterocycles. The molecule has 0 aromatic heterocycles. The van der Waals surface area contributed by atoms with E-state index in [9.17, 15) is 50.8 Å². The Bertz CT molecular complexity index is 2720. The van der Waals surface area contributed by atoms with Crippen LogP contribution in [0.25, 0.3) is 5.76 Å². The second-order valence-electron chi connectivity index (χ2n) is 17.8. The maximum Gasteiger partial charge on any atom is 0.336 e. The number of aliphatic carboxylic acids is 1. The number of fused-ring (bicyclic) bond motifs is 6. The number of aliphatic hydroxyl groups is 6. The number of nitrogens with two attached hydrogens (primary N) is 1. The lowest BCUT2D eigenvalue weighted by Gasteiger charge is -2.55. The number of carboxylic acids is 1. The van der Waals surface area contributed by atoms with Gasteiger partial charge in [-0.3, -0.25) is 10.4 Å². The summed E-state index contributed by atoms with van der Waals surface area (Å²) in [4.78, 5) is 25.1. The first kappa shape index (κ1) is 44.2. The SMILES string of the molecule is [NH2+]=C1C=CC(C(O)C(CO)Oc2ccc(C3C=C(O)c4c(cc(OC5OC(C(=O)O)C6(O)C(C7=NC=NC7)C=CC5(O)C6O)c(OC56CCCC5CCCc5c(O)cccc56)c4O)O3)cc2)=N1. The molecule has 11 unspecified atom stereocenters. The monoisotopic (exact) mass is 921 g/mol. The fourth-order valence-corrected chi connectivity index (χ4v) is 10.7. The summed E-state index contributed by atoms with van der Waals surface area (Å²) in [6.07, 6.45) is 2.13. The number of rotatable bonds is 12. The molecule has 67 heavy (non-hydrogen) atoms. The summed E-state index contributed by atoms with van der Waals surface area (Å²) in [5, 5.41) is 108. The zero-order valence-corrected chi connectivity index (χ0v) is 35.8. The van der Waals surface area contributed by atoms with Crippen LogP contribution in [0.3, 0.4) is 0 Å². The quantitative estimate of drug-likeness (QED) is 0.115. The van der Waals surface area contributed by atoms with E-state index in [1.165, 1.54) is 36.7 Å². The molecule has 7 aliphatic rings. The Morgan fingerprint density at radius 1 is 1.04 bits per heavy atom. The molecule has 2 bridgehead atoms. The van der Waals surface area contributed by atoms with Gasteiger partial charge in [0, 0.05) is 35.3 Å². The predicted octanol–water partition coefficient (Wildman–Crippen LogP) is 1.49. The van der Waals surface area contributed by atoms with Gasteiger partial charge in [-0.1, -0.05) is 30.3 Å². The number of aliphatic imine (C=N–C) groups is 3. The van der Waals surface area contributed by atoms with Gasteiger partial charge in [0.1, 0.15) is 58.3 Å².